The molecule has 3 aromatic rings. The molecule has 4 aliphatic rings. The molecule has 0 amide bonds. The summed E-state index contributed by atoms with van der Waals surface area (Å²) in [5, 5.41) is 13.9. The van der Waals surface area contributed by atoms with E-state index in [1.807, 2.05) is 12.1 Å². The molecule has 0 bridgehead atoms. The number of nitriles is 1. The van der Waals surface area contributed by atoms with Crippen LogP contribution in [-0.2, 0) is 18.6 Å². The van der Waals surface area contributed by atoms with Crippen LogP contribution in [0, 0.1) is 16.7 Å². The number of piperidine rings is 1. The molecule has 47 heavy (non-hydrogen) atoms. The number of nitrogens with one attached hydrogen (secondary N) is 1. The van der Waals surface area contributed by atoms with Crippen LogP contribution in [0.1, 0.15) is 29.5 Å². The molecule has 0 unspecified atom stereocenters. The number of hydrogen-bond acceptors (Lipinski definition) is 10. The molecule has 5 heterocycles. The fourth-order valence-corrected chi connectivity index (χ4v) is 7.68. The zero-order valence-electron chi connectivity index (χ0n) is 26.4. The first-order valence-electron chi connectivity index (χ1n) is 16.4. The monoisotopic (exact) mass is 646 g/mol. The molecule has 7 rings (SSSR count). The van der Waals surface area contributed by atoms with Crippen LogP contribution < -0.4 is 26.6 Å². The number of benzene rings is 2. The first-order chi connectivity index (χ1) is 22.5. The molecule has 0 saturated carbocycles. The van der Waals surface area contributed by atoms with Crippen LogP contribution in [-0.4, -0.2) is 91.4 Å². The van der Waals surface area contributed by atoms with Crippen molar-refractivity contribution >= 4 is 22.4 Å². The summed E-state index contributed by atoms with van der Waals surface area (Å²) in [5.74, 6) is -0.466. The minimum atomic E-state index is -4.28. The average Bonchev–Trinajstić information content (AvgIpc) is 3.05. The molecule has 3 fully saturated rings. The molecular weight excluding hydrogens is 605 g/mol. The van der Waals surface area contributed by atoms with Gasteiger partial charge in [-0.2, -0.15) is 18.4 Å². The van der Waals surface area contributed by atoms with Gasteiger partial charge in [-0.1, -0.05) is 12.1 Å². The summed E-state index contributed by atoms with van der Waals surface area (Å²) >= 11 is 0. The van der Waals surface area contributed by atoms with E-state index in [2.05, 4.69) is 53.1 Å². The number of halogens is 3. The molecule has 248 valence electrons. The summed E-state index contributed by atoms with van der Waals surface area (Å²) in [6.45, 7) is 8.62. The number of alkyl halides is 3. The molecule has 0 atom stereocenters. The second-order valence-corrected chi connectivity index (χ2v) is 13.5. The third-order valence-corrected chi connectivity index (χ3v) is 10.4. The van der Waals surface area contributed by atoms with Gasteiger partial charge in [-0.3, -0.25) is 21.3 Å². The average molecular weight is 647 g/mol. The Balaban J connectivity index is 1.00. The number of rotatable bonds is 7. The van der Waals surface area contributed by atoms with Crippen molar-refractivity contribution in [2.75, 3.05) is 75.2 Å². The van der Waals surface area contributed by atoms with Gasteiger partial charge in [0, 0.05) is 87.5 Å². The number of allylic oxidation sites excluding steroid dienone is 2. The summed E-state index contributed by atoms with van der Waals surface area (Å²) in [6.07, 6.45) is 0.675. The van der Waals surface area contributed by atoms with Crippen LogP contribution in [0.15, 0.2) is 54.5 Å². The lowest BCUT2D eigenvalue weighted by Gasteiger charge is -2.56. The van der Waals surface area contributed by atoms with Gasteiger partial charge in [0.05, 0.1) is 11.9 Å². The number of anilines is 2. The van der Waals surface area contributed by atoms with Gasteiger partial charge in [-0.05, 0) is 60.7 Å². The van der Waals surface area contributed by atoms with Gasteiger partial charge < -0.3 is 15.1 Å². The van der Waals surface area contributed by atoms with Gasteiger partial charge in [-0.25, -0.2) is 9.97 Å². The first kappa shape index (κ1) is 31.8. The van der Waals surface area contributed by atoms with Crippen molar-refractivity contribution in [3.63, 3.8) is 0 Å². The summed E-state index contributed by atoms with van der Waals surface area (Å²) in [6, 6.07) is 13.2. The number of nitrogens with two attached hydrogens (primary N) is 2. The highest BCUT2D eigenvalue weighted by atomic mass is 19.4. The van der Waals surface area contributed by atoms with Gasteiger partial charge in [0.25, 0.3) is 0 Å². The Bertz CT molecular complexity index is 1690. The summed E-state index contributed by atoms with van der Waals surface area (Å²) in [5.41, 5.74) is 18.4. The van der Waals surface area contributed by atoms with Gasteiger partial charge in [-0.15, -0.1) is 0 Å². The van der Waals surface area contributed by atoms with E-state index in [4.69, 9.17) is 11.5 Å². The van der Waals surface area contributed by atoms with Gasteiger partial charge in [0.15, 0.2) is 0 Å². The fraction of sp³-hybridized carbons (Fsp3) is 0.500. The normalized spacial score (nSPS) is 20.6. The second kappa shape index (κ2) is 12.3. The van der Waals surface area contributed by atoms with Gasteiger partial charge in [0.2, 0.25) is 0 Å². The van der Waals surface area contributed by atoms with E-state index < -0.39 is 18.4 Å². The predicted octanol–water partition coefficient (Wildman–Crippen LogP) is 3.04. The van der Waals surface area contributed by atoms with Gasteiger partial charge in [0.1, 0.15) is 29.7 Å². The number of piperazine rings is 1. The van der Waals surface area contributed by atoms with Crippen molar-refractivity contribution in [1.82, 2.24) is 25.1 Å². The highest BCUT2D eigenvalue weighted by Crippen LogP contribution is 2.45. The second-order valence-electron chi connectivity index (χ2n) is 13.5. The Morgan fingerprint density at radius 1 is 0.957 bits per heavy atom. The van der Waals surface area contributed by atoms with Gasteiger partial charge >= 0.3 is 6.18 Å². The van der Waals surface area contributed by atoms with Crippen LogP contribution in [0.5, 0.6) is 0 Å². The SMILES string of the molecule is N#CC1=CCc2cc(C(N)(N)N3CCC4(CC3)CN(c3ncnc5ccc(CC(F)(F)F)cc35)C4)ccc2N1CCN1CCNCC1. The van der Waals surface area contributed by atoms with Crippen molar-refractivity contribution in [1.29, 1.82) is 5.26 Å². The molecule has 1 spiro atoms. The van der Waals surface area contributed by atoms with E-state index in [9.17, 15) is 18.4 Å². The van der Waals surface area contributed by atoms with Crippen molar-refractivity contribution in [2.45, 2.75) is 37.6 Å². The standard InChI is InChI=1S/C34H41F3N10/c35-33(36,37)19-24-1-5-29-28(17-24)31(43-23-42-29)45-21-32(22-45)7-11-46(12-8-32)34(39,40)26-3-6-30-25(18-26)2-4-27(20-38)47(30)16-15-44-13-9-41-10-14-44/h1,3-6,17-18,23,41H,2,7-16,19,21-22,39-40H2. The summed E-state index contributed by atoms with van der Waals surface area (Å²) < 4.78 is 39.2. The Labute approximate surface area is 272 Å². The third-order valence-electron chi connectivity index (χ3n) is 10.4. The van der Waals surface area contributed by atoms with E-state index in [-0.39, 0.29) is 11.0 Å². The number of aromatic nitrogens is 2. The molecule has 0 radical (unpaired) electrons. The zero-order valence-corrected chi connectivity index (χ0v) is 26.4. The predicted molar refractivity (Wildman–Crippen MR) is 175 cm³/mol. The van der Waals surface area contributed by atoms with E-state index in [0.29, 0.717) is 28.8 Å². The van der Waals surface area contributed by atoms with E-state index >= 15 is 0 Å². The van der Waals surface area contributed by atoms with Crippen LogP contribution in [0.3, 0.4) is 0 Å². The number of nitrogens with zero attached hydrogens (tertiary/aromatic N) is 7. The summed E-state index contributed by atoms with van der Waals surface area (Å²) in [4.78, 5) is 17.6. The lowest BCUT2D eigenvalue weighted by Crippen LogP contribution is -2.67. The quantitative estimate of drug-likeness (QED) is 0.330. The molecule has 5 N–H and O–H groups in total. The lowest BCUT2D eigenvalue weighted by atomic mass is 9.71. The van der Waals surface area contributed by atoms with E-state index in [1.54, 1.807) is 12.1 Å². The molecule has 4 aliphatic heterocycles. The topological polar surface area (TPSA) is 127 Å². The van der Waals surface area contributed by atoms with Crippen molar-refractivity contribution in [3.8, 4) is 6.07 Å². The Kier molecular flexibility index (Phi) is 8.34. The van der Waals surface area contributed by atoms with Crippen molar-refractivity contribution < 1.29 is 13.2 Å². The Morgan fingerprint density at radius 2 is 1.72 bits per heavy atom. The number of hydrogen-bond donors (Lipinski definition) is 3. The van der Waals surface area contributed by atoms with Crippen molar-refractivity contribution in [3.05, 3.63) is 71.2 Å². The largest absolute Gasteiger partial charge is 0.393 e. The Morgan fingerprint density at radius 3 is 2.45 bits per heavy atom. The molecule has 1 aromatic heterocycles. The molecule has 10 nitrogen and oxygen atoms in total. The molecule has 2 aromatic carbocycles. The Hall–Kier alpha value is -3.80. The number of likely N-dealkylation sites (tertiary alicyclic amines) is 1. The van der Waals surface area contributed by atoms with E-state index in [0.717, 1.165) is 95.1 Å². The van der Waals surface area contributed by atoms with Crippen LogP contribution in [0.25, 0.3) is 10.9 Å². The zero-order chi connectivity index (χ0) is 32.8. The maximum Gasteiger partial charge on any atom is 0.393 e. The molecule has 13 heteroatoms. The van der Waals surface area contributed by atoms with Crippen LogP contribution in [0.4, 0.5) is 24.7 Å². The van der Waals surface area contributed by atoms with Crippen LogP contribution >= 0.6 is 0 Å². The molecular formula is C34H41F3N10. The van der Waals surface area contributed by atoms with Crippen molar-refractivity contribution in [2.24, 2.45) is 16.9 Å². The maximum absolute atomic E-state index is 13.1. The van der Waals surface area contributed by atoms with E-state index in [1.165, 1.54) is 12.4 Å². The lowest BCUT2D eigenvalue weighted by molar-refractivity contribution is -0.127. The minimum Gasteiger partial charge on any atom is -0.355 e. The summed E-state index contributed by atoms with van der Waals surface area (Å²) in [7, 11) is 0. The first-order valence-corrected chi connectivity index (χ1v) is 16.4. The van der Waals surface area contributed by atoms with Crippen LogP contribution in [0.2, 0.25) is 0 Å². The highest BCUT2D eigenvalue weighted by molar-refractivity contribution is 5.90. The maximum atomic E-state index is 13.1. The molecule has 3 saturated heterocycles. The third kappa shape index (κ3) is 6.40. The highest BCUT2D eigenvalue weighted by Gasteiger charge is 2.48. The number of fused-ring (bicyclic) bond motifs is 2. The fourth-order valence-electron chi connectivity index (χ4n) is 7.68. The molecule has 0 aliphatic carbocycles. The minimum absolute atomic E-state index is 0.0761. The smallest absolute Gasteiger partial charge is 0.355 e.